The zero-order valence-electron chi connectivity index (χ0n) is 11.3. The van der Waals surface area contributed by atoms with Gasteiger partial charge in [0.25, 0.3) is 0 Å². The quantitative estimate of drug-likeness (QED) is 0.860. The SMILES string of the molecule is CCCNC(Cc1cncc(Br)c1)C1CSCCO1. The Balaban J connectivity index is 1.99. The number of halogens is 1. The van der Waals surface area contributed by atoms with Crippen molar-refractivity contribution in [3.63, 3.8) is 0 Å². The molecule has 0 spiro atoms. The maximum absolute atomic E-state index is 5.92. The fourth-order valence-corrected chi connectivity index (χ4v) is 3.58. The summed E-state index contributed by atoms with van der Waals surface area (Å²) in [6.45, 7) is 4.11. The molecule has 0 amide bonds. The molecule has 19 heavy (non-hydrogen) atoms. The van der Waals surface area contributed by atoms with Crippen molar-refractivity contribution in [3.05, 3.63) is 28.5 Å². The van der Waals surface area contributed by atoms with Crippen LogP contribution in [-0.2, 0) is 11.2 Å². The van der Waals surface area contributed by atoms with Gasteiger partial charge in [-0.2, -0.15) is 11.8 Å². The Morgan fingerprint density at radius 3 is 3.16 bits per heavy atom. The van der Waals surface area contributed by atoms with Crippen molar-refractivity contribution < 1.29 is 4.74 Å². The summed E-state index contributed by atoms with van der Waals surface area (Å²) in [4.78, 5) is 4.24. The molecule has 0 radical (unpaired) electrons. The van der Waals surface area contributed by atoms with E-state index < -0.39 is 0 Å². The van der Waals surface area contributed by atoms with Gasteiger partial charge in [0.1, 0.15) is 0 Å². The second-order valence-electron chi connectivity index (χ2n) is 4.76. The van der Waals surface area contributed by atoms with Crippen LogP contribution in [0.1, 0.15) is 18.9 Å². The smallest absolute Gasteiger partial charge is 0.0821 e. The Morgan fingerprint density at radius 2 is 2.47 bits per heavy atom. The number of nitrogens with zero attached hydrogens (tertiary/aromatic N) is 1. The maximum Gasteiger partial charge on any atom is 0.0821 e. The number of rotatable bonds is 6. The van der Waals surface area contributed by atoms with Crippen LogP contribution in [0.3, 0.4) is 0 Å². The minimum atomic E-state index is 0.310. The lowest BCUT2D eigenvalue weighted by atomic mass is 10.0. The molecule has 3 nitrogen and oxygen atoms in total. The van der Waals surface area contributed by atoms with Crippen LogP contribution >= 0.6 is 27.7 Å². The lowest BCUT2D eigenvalue weighted by molar-refractivity contribution is 0.0472. The van der Waals surface area contributed by atoms with Gasteiger partial charge < -0.3 is 10.1 Å². The number of pyridine rings is 1. The number of hydrogen-bond acceptors (Lipinski definition) is 4. The van der Waals surface area contributed by atoms with Gasteiger partial charge in [0, 0.05) is 34.4 Å². The predicted octanol–water partition coefficient (Wildman–Crippen LogP) is 2.89. The number of hydrogen-bond donors (Lipinski definition) is 1. The van der Waals surface area contributed by atoms with Gasteiger partial charge in [0.05, 0.1) is 12.7 Å². The van der Waals surface area contributed by atoms with E-state index in [0.717, 1.165) is 42.0 Å². The van der Waals surface area contributed by atoms with Gasteiger partial charge in [-0.15, -0.1) is 0 Å². The van der Waals surface area contributed by atoms with Gasteiger partial charge in [-0.3, -0.25) is 4.98 Å². The average Bonchev–Trinajstić information content (AvgIpc) is 2.44. The molecule has 2 atom stereocenters. The van der Waals surface area contributed by atoms with Crippen LogP contribution in [-0.4, -0.2) is 41.8 Å². The Labute approximate surface area is 128 Å². The predicted molar refractivity (Wildman–Crippen MR) is 84.8 cm³/mol. The van der Waals surface area contributed by atoms with Gasteiger partial charge >= 0.3 is 0 Å². The molecule has 1 aromatic rings. The molecule has 1 saturated heterocycles. The minimum Gasteiger partial charge on any atom is -0.375 e. The number of nitrogens with one attached hydrogen (secondary N) is 1. The Morgan fingerprint density at radius 1 is 1.58 bits per heavy atom. The molecule has 0 aliphatic carbocycles. The summed E-state index contributed by atoms with van der Waals surface area (Å²) in [5, 5.41) is 3.63. The van der Waals surface area contributed by atoms with Crippen LogP contribution in [0, 0.1) is 0 Å². The van der Waals surface area contributed by atoms with Crippen LogP contribution in [0.25, 0.3) is 0 Å². The van der Waals surface area contributed by atoms with Gasteiger partial charge in [-0.1, -0.05) is 6.92 Å². The highest BCUT2D eigenvalue weighted by Gasteiger charge is 2.24. The largest absolute Gasteiger partial charge is 0.375 e. The van der Waals surface area contributed by atoms with Crippen molar-refractivity contribution in [3.8, 4) is 0 Å². The standard InChI is InChI=1S/C14H21BrN2OS/c1-2-3-17-13(14-10-19-5-4-18-14)7-11-6-12(15)9-16-8-11/h6,8-9,13-14,17H,2-5,7,10H2,1H3. The molecule has 1 fully saturated rings. The molecule has 0 aromatic carbocycles. The van der Waals surface area contributed by atoms with E-state index in [9.17, 15) is 0 Å². The lowest BCUT2D eigenvalue weighted by Crippen LogP contribution is -2.46. The second kappa shape index (κ2) is 8.25. The highest BCUT2D eigenvalue weighted by atomic mass is 79.9. The van der Waals surface area contributed by atoms with Gasteiger partial charge in [0.15, 0.2) is 0 Å². The van der Waals surface area contributed by atoms with Crippen LogP contribution in [0.5, 0.6) is 0 Å². The first-order valence-electron chi connectivity index (χ1n) is 6.81. The van der Waals surface area contributed by atoms with Crippen LogP contribution < -0.4 is 5.32 Å². The molecule has 1 N–H and O–H groups in total. The Bertz CT molecular complexity index is 385. The van der Waals surface area contributed by atoms with Gasteiger partial charge in [-0.25, -0.2) is 0 Å². The third-order valence-electron chi connectivity index (χ3n) is 3.16. The topological polar surface area (TPSA) is 34.2 Å². The molecule has 106 valence electrons. The summed E-state index contributed by atoms with van der Waals surface area (Å²) >= 11 is 5.47. The van der Waals surface area contributed by atoms with Crippen LogP contribution in [0.2, 0.25) is 0 Å². The molecule has 2 unspecified atom stereocenters. The van der Waals surface area contributed by atoms with E-state index in [-0.39, 0.29) is 0 Å². The van der Waals surface area contributed by atoms with E-state index >= 15 is 0 Å². The van der Waals surface area contributed by atoms with Crippen molar-refractivity contribution in [1.82, 2.24) is 10.3 Å². The normalized spacial score (nSPS) is 21.3. The lowest BCUT2D eigenvalue weighted by Gasteiger charge is -2.31. The summed E-state index contributed by atoms with van der Waals surface area (Å²) in [6, 6.07) is 2.52. The second-order valence-corrected chi connectivity index (χ2v) is 6.83. The molecule has 1 aromatic heterocycles. The van der Waals surface area contributed by atoms with Crippen molar-refractivity contribution in [2.45, 2.75) is 31.9 Å². The zero-order chi connectivity index (χ0) is 13.5. The molecule has 1 aliphatic rings. The fourth-order valence-electron chi connectivity index (χ4n) is 2.22. The first-order chi connectivity index (χ1) is 9.29. The number of aromatic nitrogens is 1. The summed E-state index contributed by atoms with van der Waals surface area (Å²) < 4.78 is 6.96. The van der Waals surface area contributed by atoms with Crippen LogP contribution in [0.4, 0.5) is 0 Å². The first-order valence-corrected chi connectivity index (χ1v) is 8.76. The number of ether oxygens (including phenoxy) is 1. The maximum atomic E-state index is 5.92. The third kappa shape index (κ3) is 5.06. The van der Waals surface area contributed by atoms with E-state index in [1.165, 1.54) is 5.56 Å². The minimum absolute atomic E-state index is 0.310. The summed E-state index contributed by atoms with van der Waals surface area (Å²) in [7, 11) is 0. The monoisotopic (exact) mass is 344 g/mol. The fraction of sp³-hybridized carbons (Fsp3) is 0.643. The van der Waals surface area contributed by atoms with Gasteiger partial charge in [0.2, 0.25) is 0 Å². The number of thioether (sulfide) groups is 1. The summed E-state index contributed by atoms with van der Waals surface area (Å²) in [5.74, 6) is 2.21. The molecule has 1 aliphatic heterocycles. The molecule has 2 rings (SSSR count). The van der Waals surface area contributed by atoms with Gasteiger partial charge in [-0.05, 0) is 46.9 Å². The Hall–Kier alpha value is -0.100. The summed E-state index contributed by atoms with van der Waals surface area (Å²) in [6.07, 6.45) is 6.20. The molecule has 0 bridgehead atoms. The van der Waals surface area contributed by atoms with E-state index in [2.05, 4.69) is 39.2 Å². The molecular weight excluding hydrogens is 324 g/mol. The third-order valence-corrected chi connectivity index (χ3v) is 4.62. The average molecular weight is 345 g/mol. The molecule has 0 saturated carbocycles. The molecular formula is C14H21BrN2OS. The first kappa shape index (κ1) is 15.3. The van der Waals surface area contributed by atoms with Crippen molar-refractivity contribution in [1.29, 1.82) is 0 Å². The summed E-state index contributed by atoms with van der Waals surface area (Å²) in [5.41, 5.74) is 1.25. The zero-order valence-corrected chi connectivity index (χ0v) is 13.7. The van der Waals surface area contributed by atoms with Crippen molar-refractivity contribution in [2.75, 3.05) is 24.7 Å². The van der Waals surface area contributed by atoms with E-state index in [0.29, 0.717) is 12.1 Å². The van der Waals surface area contributed by atoms with Crippen LogP contribution in [0.15, 0.2) is 22.9 Å². The van der Waals surface area contributed by atoms with Crippen molar-refractivity contribution in [2.24, 2.45) is 0 Å². The highest BCUT2D eigenvalue weighted by Crippen LogP contribution is 2.19. The van der Waals surface area contributed by atoms with E-state index in [4.69, 9.17) is 4.74 Å². The highest BCUT2D eigenvalue weighted by molar-refractivity contribution is 9.10. The van der Waals surface area contributed by atoms with E-state index in [1.54, 1.807) is 0 Å². The molecule has 5 heteroatoms. The van der Waals surface area contributed by atoms with E-state index in [1.807, 2.05) is 24.2 Å². The van der Waals surface area contributed by atoms with Crippen molar-refractivity contribution >= 4 is 27.7 Å². The molecule has 2 heterocycles. The Kier molecular flexibility index (Phi) is 6.64.